The Morgan fingerprint density at radius 3 is 2.57 bits per heavy atom. The molecule has 4 N–H and O–H groups in total. The van der Waals surface area contributed by atoms with Crippen molar-refractivity contribution >= 4 is 0 Å². The van der Waals surface area contributed by atoms with Gasteiger partial charge in [-0.05, 0) is 44.9 Å². The highest BCUT2D eigenvalue weighted by Gasteiger charge is 2.11. The van der Waals surface area contributed by atoms with Crippen molar-refractivity contribution in [1.29, 1.82) is 0 Å². The van der Waals surface area contributed by atoms with Crippen LogP contribution >= 0.6 is 0 Å². The fourth-order valence-corrected chi connectivity index (χ4v) is 1.44. The predicted molar refractivity (Wildman–Crippen MR) is 58.0 cm³/mol. The van der Waals surface area contributed by atoms with Crippen molar-refractivity contribution < 1.29 is 4.42 Å². The molecule has 1 rings (SSSR count). The molecule has 0 unspecified atom stereocenters. The molecule has 0 bridgehead atoms. The summed E-state index contributed by atoms with van der Waals surface area (Å²) in [6.07, 6.45) is 3.05. The molecule has 1 heterocycles. The van der Waals surface area contributed by atoms with Gasteiger partial charge in [-0.25, -0.2) is 0 Å². The molecule has 3 heteroatoms. The van der Waals surface area contributed by atoms with Gasteiger partial charge < -0.3 is 15.9 Å². The minimum Gasteiger partial charge on any atom is -0.464 e. The molecule has 0 aromatic carbocycles. The first-order valence-corrected chi connectivity index (χ1v) is 5.17. The lowest BCUT2D eigenvalue weighted by atomic mass is 10.1. The Balaban J connectivity index is 2.47. The first kappa shape index (κ1) is 11.3. The van der Waals surface area contributed by atoms with E-state index in [4.69, 9.17) is 15.9 Å². The van der Waals surface area contributed by atoms with Crippen molar-refractivity contribution in [3.63, 3.8) is 0 Å². The van der Waals surface area contributed by atoms with Crippen molar-refractivity contribution in [3.05, 3.63) is 23.2 Å². The van der Waals surface area contributed by atoms with E-state index in [-0.39, 0.29) is 6.04 Å². The Morgan fingerprint density at radius 2 is 2.07 bits per heavy atom. The highest BCUT2D eigenvalue weighted by atomic mass is 16.3. The minimum atomic E-state index is 0.0222. The van der Waals surface area contributed by atoms with E-state index in [1.165, 1.54) is 5.56 Å². The van der Waals surface area contributed by atoms with Crippen LogP contribution in [0.25, 0.3) is 0 Å². The molecule has 0 aliphatic rings. The third-order valence-electron chi connectivity index (χ3n) is 2.52. The SMILES string of the molecule is Cc1cc([C@@H](N)CCCCN)oc1C. The Hall–Kier alpha value is -0.800. The van der Waals surface area contributed by atoms with E-state index in [0.29, 0.717) is 0 Å². The maximum atomic E-state index is 5.98. The molecule has 80 valence electrons. The largest absolute Gasteiger partial charge is 0.464 e. The highest BCUT2D eigenvalue weighted by Crippen LogP contribution is 2.21. The third kappa shape index (κ3) is 2.86. The molecule has 1 aromatic heterocycles. The molecular weight excluding hydrogens is 176 g/mol. The van der Waals surface area contributed by atoms with Crippen LogP contribution in [0.4, 0.5) is 0 Å². The summed E-state index contributed by atoms with van der Waals surface area (Å²) in [6.45, 7) is 4.74. The van der Waals surface area contributed by atoms with Gasteiger partial charge in [-0.2, -0.15) is 0 Å². The summed E-state index contributed by atoms with van der Waals surface area (Å²) in [6, 6.07) is 2.05. The minimum absolute atomic E-state index is 0.0222. The molecular formula is C11H20N2O. The van der Waals surface area contributed by atoms with Crippen LogP contribution in [-0.4, -0.2) is 6.54 Å². The first-order valence-electron chi connectivity index (χ1n) is 5.17. The zero-order valence-corrected chi connectivity index (χ0v) is 9.05. The van der Waals surface area contributed by atoms with Gasteiger partial charge >= 0.3 is 0 Å². The molecule has 0 radical (unpaired) electrons. The number of unbranched alkanes of at least 4 members (excludes halogenated alkanes) is 1. The summed E-state index contributed by atoms with van der Waals surface area (Å²) in [5, 5.41) is 0. The smallest absolute Gasteiger partial charge is 0.121 e. The number of furan rings is 1. The quantitative estimate of drug-likeness (QED) is 0.708. The zero-order valence-electron chi connectivity index (χ0n) is 9.05. The van der Waals surface area contributed by atoms with E-state index in [2.05, 4.69) is 0 Å². The molecule has 0 amide bonds. The lowest BCUT2D eigenvalue weighted by Gasteiger charge is -2.07. The van der Waals surface area contributed by atoms with E-state index in [9.17, 15) is 0 Å². The normalized spacial score (nSPS) is 13.1. The monoisotopic (exact) mass is 196 g/mol. The molecule has 0 saturated heterocycles. The summed E-state index contributed by atoms with van der Waals surface area (Å²) in [4.78, 5) is 0. The van der Waals surface area contributed by atoms with Gasteiger partial charge in [0.25, 0.3) is 0 Å². The van der Waals surface area contributed by atoms with Crippen molar-refractivity contribution in [1.82, 2.24) is 0 Å². The topological polar surface area (TPSA) is 65.2 Å². The van der Waals surface area contributed by atoms with E-state index >= 15 is 0 Å². The summed E-state index contributed by atoms with van der Waals surface area (Å²) >= 11 is 0. The van der Waals surface area contributed by atoms with Crippen molar-refractivity contribution in [3.8, 4) is 0 Å². The standard InChI is InChI=1S/C11H20N2O/c1-8-7-11(14-9(8)2)10(13)5-3-4-6-12/h7,10H,3-6,12-13H2,1-2H3/t10-/m0/s1. The van der Waals surface area contributed by atoms with Gasteiger partial charge in [0.2, 0.25) is 0 Å². The van der Waals surface area contributed by atoms with Crippen molar-refractivity contribution in [2.75, 3.05) is 6.54 Å². The van der Waals surface area contributed by atoms with Crippen molar-refractivity contribution in [2.45, 2.75) is 39.2 Å². The maximum Gasteiger partial charge on any atom is 0.121 e. The second kappa shape index (κ2) is 5.17. The first-order chi connectivity index (χ1) is 6.65. The second-order valence-electron chi connectivity index (χ2n) is 3.78. The van der Waals surface area contributed by atoms with Crippen molar-refractivity contribution in [2.24, 2.45) is 11.5 Å². The fraction of sp³-hybridized carbons (Fsp3) is 0.636. The van der Waals surface area contributed by atoms with Crippen LogP contribution in [0, 0.1) is 13.8 Å². The number of rotatable bonds is 5. The lowest BCUT2D eigenvalue weighted by Crippen LogP contribution is -2.10. The van der Waals surface area contributed by atoms with Gasteiger partial charge in [0, 0.05) is 0 Å². The molecule has 1 aromatic rings. The molecule has 0 aliphatic heterocycles. The Morgan fingerprint density at radius 1 is 1.36 bits per heavy atom. The Labute approximate surface area is 85.5 Å². The van der Waals surface area contributed by atoms with Crippen LogP contribution in [0.1, 0.15) is 42.4 Å². The van der Waals surface area contributed by atoms with Crippen LogP contribution in [0.5, 0.6) is 0 Å². The molecule has 0 saturated carbocycles. The molecule has 0 aliphatic carbocycles. The van der Waals surface area contributed by atoms with E-state index in [0.717, 1.165) is 37.3 Å². The van der Waals surface area contributed by atoms with Gasteiger partial charge in [0.05, 0.1) is 6.04 Å². The van der Waals surface area contributed by atoms with Gasteiger partial charge in [0.1, 0.15) is 11.5 Å². The van der Waals surface area contributed by atoms with Gasteiger partial charge in [-0.3, -0.25) is 0 Å². The molecule has 0 spiro atoms. The number of hydrogen-bond donors (Lipinski definition) is 2. The summed E-state index contributed by atoms with van der Waals surface area (Å²) < 4.78 is 5.55. The average Bonchev–Trinajstić information content (AvgIpc) is 2.47. The number of aryl methyl sites for hydroxylation is 2. The highest BCUT2D eigenvalue weighted by molar-refractivity contribution is 5.20. The second-order valence-corrected chi connectivity index (χ2v) is 3.78. The fourth-order valence-electron chi connectivity index (χ4n) is 1.44. The van der Waals surface area contributed by atoms with Crippen LogP contribution in [0.3, 0.4) is 0 Å². The molecule has 1 atom stereocenters. The summed E-state index contributed by atoms with van der Waals surface area (Å²) in [5.74, 6) is 1.87. The summed E-state index contributed by atoms with van der Waals surface area (Å²) in [7, 11) is 0. The molecule has 3 nitrogen and oxygen atoms in total. The van der Waals surface area contributed by atoms with E-state index < -0.39 is 0 Å². The molecule has 0 fully saturated rings. The third-order valence-corrected chi connectivity index (χ3v) is 2.52. The Bertz CT molecular complexity index is 261. The van der Waals surface area contributed by atoms with Gasteiger partial charge in [-0.1, -0.05) is 6.42 Å². The zero-order chi connectivity index (χ0) is 10.6. The molecule has 14 heavy (non-hydrogen) atoms. The maximum absolute atomic E-state index is 5.98. The Kier molecular flexibility index (Phi) is 4.17. The van der Waals surface area contributed by atoms with Crippen LogP contribution in [0.15, 0.2) is 10.5 Å². The number of nitrogens with two attached hydrogens (primary N) is 2. The summed E-state index contributed by atoms with van der Waals surface area (Å²) in [5.41, 5.74) is 12.6. The lowest BCUT2D eigenvalue weighted by molar-refractivity contribution is 0.426. The van der Waals surface area contributed by atoms with Gasteiger partial charge in [-0.15, -0.1) is 0 Å². The van der Waals surface area contributed by atoms with E-state index in [1.807, 2.05) is 19.9 Å². The van der Waals surface area contributed by atoms with Crippen LogP contribution < -0.4 is 11.5 Å². The predicted octanol–water partition coefficient (Wildman–Crippen LogP) is 2.03. The van der Waals surface area contributed by atoms with Crippen LogP contribution in [-0.2, 0) is 0 Å². The average molecular weight is 196 g/mol. The van der Waals surface area contributed by atoms with E-state index in [1.54, 1.807) is 0 Å². The van der Waals surface area contributed by atoms with Gasteiger partial charge in [0.15, 0.2) is 0 Å². The number of hydrogen-bond acceptors (Lipinski definition) is 3. The van der Waals surface area contributed by atoms with Crippen LogP contribution in [0.2, 0.25) is 0 Å².